The van der Waals surface area contributed by atoms with E-state index < -0.39 is 11.8 Å². The Balaban J connectivity index is 1.50. The fourth-order valence-electron chi connectivity index (χ4n) is 4.06. The number of thioether (sulfide) groups is 1. The number of piperazine rings is 1. The van der Waals surface area contributed by atoms with Crippen LogP contribution in [0.1, 0.15) is 15.9 Å². The quantitative estimate of drug-likeness (QED) is 0.310. The molecule has 2 aromatic carbocycles. The second-order valence-electron chi connectivity index (χ2n) is 8.73. The van der Waals surface area contributed by atoms with Gasteiger partial charge < -0.3 is 19.6 Å². The molecule has 3 rings (SSSR count). The van der Waals surface area contributed by atoms with Crippen molar-refractivity contribution >= 4 is 52.6 Å². The number of benzene rings is 2. The van der Waals surface area contributed by atoms with Gasteiger partial charge in [-0.1, -0.05) is 23.7 Å². The molecule has 0 bridgehead atoms. The van der Waals surface area contributed by atoms with Gasteiger partial charge >= 0.3 is 5.97 Å². The normalized spacial score (nSPS) is 13.7. The average molecular weight is 562 g/mol. The molecule has 0 unspecified atom stereocenters. The molecule has 0 radical (unpaired) electrons. The first-order valence-corrected chi connectivity index (χ1v) is 13.8. The van der Waals surface area contributed by atoms with Gasteiger partial charge in [0.1, 0.15) is 0 Å². The van der Waals surface area contributed by atoms with E-state index in [2.05, 4.69) is 9.64 Å². The Hall–Kier alpha value is -2.92. The van der Waals surface area contributed by atoms with Crippen LogP contribution in [0.15, 0.2) is 48.5 Å². The van der Waals surface area contributed by atoms with Gasteiger partial charge in [0.15, 0.2) is 0 Å². The van der Waals surface area contributed by atoms with Gasteiger partial charge in [0.25, 0.3) is 5.91 Å². The van der Waals surface area contributed by atoms with Crippen LogP contribution >= 0.6 is 23.4 Å². The highest BCUT2D eigenvalue weighted by Gasteiger charge is 2.23. The van der Waals surface area contributed by atoms with E-state index in [0.717, 1.165) is 49.9 Å². The summed E-state index contributed by atoms with van der Waals surface area (Å²) < 4.78 is 4.37. The molecule has 9 nitrogen and oxygen atoms in total. The van der Waals surface area contributed by atoms with E-state index in [9.17, 15) is 24.3 Å². The number of carbonyl (C=O) groups excluding carboxylic acids is 4. The molecule has 204 valence electrons. The Labute approximate surface area is 231 Å². The van der Waals surface area contributed by atoms with Gasteiger partial charge in [-0.25, -0.2) is 4.79 Å². The predicted octanol–water partition coefficient (Wildman–Crippen LogP) is 2.14. The Morgan fingerprint density at radius 1 is 0.974 bits per heavy atom. The van der Waals surface area contributed by atoms with Crippen LogP contribution in [-0.4, -0.2) is 103 Å². The first-order chi connectivity index (χ1) is 18.3. The van der Waals surface area contributed by atoms with Crippen LogP contribution in [0, 0.1) is 0 Å². The monoisotopic (exact) mass is 561 g/mol. The van der Waals surface area contributed by atoms with Gasteiger partial charge in [0, 0.05) is 55.5 Å². The number of aliphatic hydroxyl groups is 1. The van der Waals surface area contributed by atoms with Crippen LogP contribution in [0.4, 0.5) is 5.69 Å². The lowest BCUT2D eigenvalue weighted by Crippen LogP contribution is -2.49. The summed E-state index contributed by atoms with van der Waals surface area (Å²) in [4.78, 5) is 54.1. The van der Waals surface area contributed by atoms with Crippen molar-refractivity contribution in [3.63, 3.8) is 0 Å². The summed E-state index contributed by atoms with van der Waals surface area (Å²) in [7, 11) is 1.12. The number of rotatable bonds is 12. The summed E-state index contributed by atoms with van der Waals surface area (Å²) in [6.45, 7) is 3.60. The van der Waals surface area contributed by atoms with Crippen LogP contribution in [-0.2, 0) is 25.5 Å². The van der Waals surface area contributed by atoms with E-state index >= 15 is 0 Å². The molecule has 1 saturated heterocycles. The van der Waals surface area contributed by atoms with Crippen LogP contribution in [0.5, 0.6) is 0 Å². The Morgan fingerprint density at radius 3 is 2.24 bits per heavy atom. The molecule has 0 spiro atoms. The number of hydrogen-bond acceptors (Lipinski definition) is 8. The minimum Gasteiger partial charge on any atom is -0.463 e. The number of nitrogens with zero attached hydrogens (tertiary/aromatic N) is 3. The zero-order valence-corrected chi connectivity index (χ0v) is 22.9. The number of aliphatic hydroxyl groups excluding tert-OH is 1. The molecule has 11 heteroatoms. The molecular weight excluding hydrogens is 530 g/mol. The Kier molecular flexibility index (Phi) is 11.6. The van der Waals surface area contributed by atoms with Gasteiger partial charge in [-0.15, -0.1) is 11.8 Å². The summed E-state index contributed by atoms with van der Waals surface area (Å²) in [5, 5.41) is 10.2. The maximum Gasteiger partial charge on any atom is 0.375 e. The van der Waals surface area contributed by atoms with Gasteiger partial charge in [0.2, 0.25) is 11.7 Å². The van der Waals surface area contributed by atoms with Crippen molar-refractivity contribution in [2.75, 3.05) is 69.4 Å². The SMILES string of the molecule is COC(=O)C(=O)CSCC(=O)N(CCO)c1ccc(C(=O)N2CCN(CCc3ccc(Cl)cc3)CC2)cc1. The highest BCUT2D eigenvalue weighted by atomic mass is 35.5. The van der Waals surface area contributed by atoms with Gasteiger partial charge in [-0.2, -0.15) is 0 Å². The zero-order chi connectivity index (χ0) is 27.5. The van der Waals surface area contributed by atoms with E-state index in [-0.39, 0.29) is 36.5 Å². The number of halogens is 1. The molecule has 0 aromatic heterocycles. The lowest BCUT2D eigenvalue weighted by molar-refractivity contribution is -0.150. The number of carbonyl (C=O) groups is 4. The number of anilines is 1. The second-order valence-corrected chi connectivity index (χ2v) is 10.2. The molecule has 2 amide bonds. The minimum absolute atomic E-state index is 0.0499. The fourth-order valence-corrected chi connectivity index (χ4v) is 4.92. The van der Waals surface area contributed by atoms with Crippen molar-refractivity contribution in [1.29, 1.82) is 0 Å². The molecule has 1 heterocycles. The van der Waals surface area contributed by atoms with Crippen LogP contribution in [0.2, 0.25) is 5.02 Å². The number of Topliss-reactive ketones (excluding diaryl/α,β-unsaturated/α-hetero) is 1. The summed E-state index contributed by atoms with van der Waals surface area (Å²) in [5.74, 6) is -2.28. The van der Waals surface area contributed by atoms with Gasteiger partial charge in [0.05, 0.1) is 25.2 Å². The Morgan fingerprint density at radius 2 is 1.63 bits per heavy atom. The third-order valence-corrected chi connectivity index (χ3v) is 7.38. The Bertz CT molecular complexity index is 1100. The van der Waals surface area contributed by atoms with Gasteiger partial charge in [-0.05, 0) is 48.4 Å². The van der Waals surface area contributed by atoms with E-state index in [1.807, 2.05) is 29.2 Å². The van der Waals surface area contributed by atoms with E-state index in [1.54, 1.807) is 24.3 Å². The van der Waals surface area contributed by atoms with Crippen molar-refractivity contribution in [1.82, 2.24) is 9.80 Å². The van der Waals surface area contributed by atoms with Crippen LogP contribution in [0.3, 0.4) is 0 Å². The molecule has 1 aliphatic heterocycles. The largest absolute Gasteiger partial charge is 0.463 e. The molecule has 1 aliphatic rings. The summed E-state index contributed by atoms with van der Waals surface area (Å²) >= 11 is 6.95. The lowest BCUT2D eigenvalue weighted by atomic mass is 10.1. The van der Waals surface area contributed by atoms with E-state index in [4.69, 9.17) is 11.6 Å². The number of ketones is 1. The molecule has 1 fully saturated rings. The zero-order valence-electron chi connectivity index (χ0n) is 21.3. The van der Waals surface area contributed by atoms with Gasteiger partial charge in [-0.3, -0.25) is 19.3 Å². The van der Waals surface area contributed by atoms with E-state index in [1.165, 1.54) is 10.5 Å². The minimum atomic E-state index is -0.947. The smallest absolute Gasteiger partial charge is 0.375 e. The summed E-state index contributed by atoms with van der Waals surface area (Å²) in [6.07, 6.45) is 0.926. The number of esters is 1. The van der Waals surface area contributed by atoms with Crippen molar-refractivity contribution in [2.24, 2.45) is 0 Å². The maximum atomic E-state index is 13.0. The molecule has 0 saturated carbocycles. The summed E-state index contributed by atoms with van der Waals surface area (Å²) in [5.41, 5.74) is 2.29. The second kappa shape index (κ2) is 14.9. The molecular formula is C27H32ClN3O6S. The number of hydrogen-bond donors (Lipinski definition) is 1. The molecule has 2 aromatic rings. The van der Waals surface area contributed by atoms with E-state index in [0.29, 0.717) is 24.3 Å². The highest BCUT2D eigenvalue weighted by molar-refractivity contribution is 8.00. The first-order valence-electron chi connectivity index (χ1n) is 12.3. The highest BCUT2D eigenvalue weighted by Crippen LogP contribution is 2.19. The van der Waals surface area contributed by atoms with Crippen molar-refractivity contribution in [3.05, 3.63) is 64.7 Å². The average Bonchev–Trinajstić information content (AvgIpc) is 2.95. The third kappa shape index (κ3) is 8.56. The fraction of sp³-hybridized carbons (Fsp3) is 0.407. The van der Waals surface area contributed by atoms with Crippen molar-refractivity contribution < 1.29 is 29.0 Å². The van der Waals surface area contributed by atoms with Crippen LogP contribution in [0.25, 0.3) is 0 Å². The topological polar surface area (TPSA) is 107 Å². The molecule has 0 aliphatic carbocycles. The standard InChI is InChI=1S/C27H32ClN3O6S/c1-37-27(36)24(33)18-38-19-25(34)31(16-17-32)23-8-4-21(5-9-23)26(35)30-14-12-29(13-15-30)11-10-20-2-6-22(28)7-3-20/h2-9,32H,10-19H2,1H3. The van der Waals surface area contributed by atoms with Crippen molar-refractivity contribution in [3.8, 4) is 0 Å². The third-order valence-electron chi connectivity index (χ3n) is 6.21. The number of amides is 2. The molecule has 38 heavy (non-hydrogen) atoms. The van der Waals surface area contributed by atoms with Crippen LogP contribution < -0.4 is 4.90 Å². The molecule has 0 atom stereocenters. The number of ether oxygens (including phenoxy) is 1. The lowest BCUT2D eigenvalue weighted by Gasteiger charge is -2.35. The maximum absolute atomic E-state index is 13.0. The predicted molar refractivity (Wildman–Crippen MR) is 148 cm³/mol. The number of methoxy groups -OCH3 is 1. The summed E-state index contributed by atoms with van der Waals surface area (Å²) in [6, 6.07) is 14.6. The first kappa shape index (κ1) is 29.6. The molecule has 1 N–H and O–H groups in total. The van der Waals surface area contributed by atoms with Crippen molar-refractivity contribution in [2.45, 2.75) is 6.42 Å².